The molecule has 0 N–H and O–H groups in total. The predicted molar refractivity (Wildman–Crippen MR) is 54.6 cm³/mol. The van der Waals surface area contributed by atoms with Crippen LogP contribution in [0.2, 0.25) is 0 Å². The summed E-state index contributed by atoms with van der Waals surface area (Å²) < 4.78 is 3.69. The molecule has 0 radical (unpaired) electrons. The lowest BCUT2D eigenvalue weighted by atomic mass is 10.9. The first kappa shape index (κ1) is 8.40. The molecule has 2 heterocycles. The fraction of sp³-hybridized carbons (Fsp3) is 0. The van der Waals surface area contributed by atoms with Crippen molar-refractivity contribution < 1.29 is 0 Å². The minimum absolute atomic E-state index is 0.814. The molecule has 2 rings (SSSR count). The summed E-state index contributed by atoms with van der Waals surface area (Å²) in [5.74, 6) is 0. The molecular formula is C6H3Br2N3S. The second kappa shape index (κ2) is 3.27. The van der Waals surface area contributed by atoms with Gasteiger partial charge in [0.15, 0.2) is 5.13 Å². The van der Waals surface area contributed by atoms with Crippen LogP contribution in [0.25, 0.3) is 5.13 Å². The van der Waals surface area contributed by atoms with Gasteiger partial charge in [-0.1, -0.05) is 11.3 Å². The average Bonchev–Trinajstić information content (AvgIpc) is 2.58. The van der Waals surface area contributed by atoms with Gasteiger partial charge in [-0.05, 0) is 31.9 Å². The summed E-state index contributed by atoms with van der Waals surface area (Å²) in [5.41, 5.74) is 0. The highest BCUT2D eigenvalue weighted by molar-refractivity contribution is 9.11. The zero-order valence-electron chi connectivity index (χ0n) is 5.74. The van der Waals surface area contributed by atoms with Crippen LogP contribution in [0.4, 0.5) is 0 Å². The number of nitrogens with zero attached hydrogens (tertiary/aromatic N) is 3. The number of rotatable bonds is 1. The second-order valence-electron chi connectivity index (χ2n) is 2.05. The number of hydrogen-bond donors (Lipinski definition) is 0. The quantitative estimate of drug-likeness (QED) is 0.811. The standard InChI is InChI=1S/C6H3Br2N3S/c7-4-2-11(3-10-4)6-9-1-5(8)12-6/h1-3H. The summed E-state index contributed by atoms with van der Waals surface area (Å²) in [7, 11) is 0. The molecular weight excluding hydrogens is 306 g/mol. The zero-order chi connectivity index (χ0) is 8.55. The van der Waals surface area contributed by atoms with Crippen LogP contribution in [-0.4, -0.2) is 14.5 Å². The molecule has 0 aromatic carbocycles. The number of halogens is 2. The van der Waals surface area contributed by atoms with Gasteiger partial charge in [0.2, 0.25) is 0 Å². The van der Waals surface area contributed by atoms with Crippen LogP contribution in [-0.2, 0) is 0 Å². The third kappa shape index (κ3) is 1.60. The van der Waals surface area contributed by atoms with Gasteiger partial charge >= 0.3 is 0 Å². The van der Waals surface area contributed by atoms with E-state index in [1.54, 1.807) is 23.9 Å². The molecule has 0 aliphatic rings. The molecule has 0 saturated carbocycles. The molecule has 3 nitrogen and oxygen atoms in total. The average molecular weight is 309 g/mol. The molecule has 0 saturated heterocycles. The summed E-state index contributed by atoms with van der Waals surface area (Å²) in [4.78, 5) is 8.21. The van der Waals surface area contributed by atoms with E-state index in [-0.39, 0.29) is 0 Å². The molecule has 0 fully saturated rings. The fourth-order valence-corrected chi connectivity index (χ4v) is 2.21. The lowest BCUT2D eigenvalue weighted by Crippen LogP contribution is -1.86. The van der Waals surface area contributed by atoms with Crippen molar-refractivity contribution in [2.75, 3.05) is 0 Å². The van der Waals surface area contributed by atoms with Crippen LogP contribution in [0.3, 0.4) is 0 Å². The lowest BCUT2D eigenvalue weighted by molar-refractivity contribution is 1.03. The van der Waals surface area contributed by atoms with E-state index in [0.717, 1.165) is 13.5 Å². The summed E-state index contributed by atoms with van der Waals surface area (Å²) in [5, 5.41) is 0.903. The van der Waals surface area contributed by atoms with Crippen molar-refractivity contribution in [3.8, 4) is 5.13 Å². The van der Waals surface area contributed by atoms with Crippen molar-refractivity contribution in [2.45, 2.75) is 0 Å². The number of thiazole rings is 1. The fourth-order valence-electron chi connectivity index (χ4n) is 0.769. The summed E-state index contributed by atoms with van der Waals surface area (Å²) in [6.45, 7) is 0. The molecule has 12 heavy (non-hydrogen) atoms. The molecule has 0 unspecified atom stereocenters. The molecule has 0 aliphatic heterocycles. The molecule has 0 atom stereocenters. The van der Waals surface area contributed by atoms with Crippen molar-refractivity contribution >= 4 is 43.2 Å². The van der Waals surface area contributed by atoms with Crippen LogP contribution in [0.15, 0.2) is 27.1 Å². The maximum absolute atomic E-state index is 4.17. The predicted octanol–water partition coefficient (Wildman–Crippen LogP) is 2.85. The minimum Gasteiger partial charge on any atom is -0.281 e. The molecule has 0 bridgehead atoms. The van der Waals surface area contributed by atoms with E-state index in [4.69, 9.17) is 0 Å². The monoisotopic (exact) mass is 307 g/mol. The Bertz CT molecular complexity index is 357. The van der Waals surface area contributed by atoms with Crippen molar-refractivity contribution in [2.24, 2.45) is 0 Å². The van der Waals surface area contributed by atoms with Crippen LogP contribution >= 0.6 is 43.2 Å². The van der Waals surface area contributed by atoms with Gasteiger partial charge in [-0.2, -0.15) is 0 Å². The lowest BCUT2D eigenvalue weighted by Gasteiger charge is -1.90. The normalized spacial score (nSPS) is 10.5. The minimum atomic E-state index is 0.814. The van der Waals surface area contributed by atoms with Crippen molar-refractivity contribution in [1.29, 1.82) is 0 Å². The molecule has 62 valence electrons. The third-order valence-electron chi connectivity index (χ3n) is 1.24. The van der Waals surface area contributed by atoms with Crippen LogP contribution in [0.5, 0.6) is 0 Å². The van der Waals surface area contributed by atoms with Gasteiger partial charge in [-0.15, -0.1) is 0 Å². The Kier molecular flexibility index (Phi) is 2.29. The van der Waals surface area contributed by atoms with E-state index in [9.17, 15) is 0 Å². The Balaban J connectivity index is 2.43. The van der Waals surface area contributed by atoms with Crippen molar-refractivity contribution in [1.82, 2.24) is 14.5 Å². The molecule has 0 amide bonds. The van der Waals surface area contributed by atoms with Crippen LogP contribution in [0, 0.1) is 0 Å². The zero-order valence-corrected chi connectivity index (χ0v) is 9.73. The van der Waals surface area contributed by atoms with Crippen molar-refractivity contribution in [3.05, 3.63) is 27.1 Å². The van der Waals surface area contributed by atoms with E-state index in [1.807, 2.05) is 10.8 Å². The Labute approximate surface area is 89.7 Å². The smallest absolute Gasteiger partial charge is 0.195 e. The van der Waals surface area contributed by atoms with Crippen molar-refractivity contribution in [3.63, 3.8) is 0 Å². The van der Waals surface area contributed by atoms with Gasteiger partial charge in [-0.3, -0.25) is 4.57 Å². The number of hydrogen-bond acceptors (Lipinski definition) is 3. The highest BCUT2D eigenvalue weighted by atomic mass is 79.9. The SMILES string of the molecule is Brc1cn(-c2ncc(Br)s2)cn1. The maximum atomic E-state index is 4.17. The van der Waals surface area contributed by atoms with E-state index in [0.29, 0.717) is 0 Å². The van der Waals surface area contributed by atoms with E-state index >= 15 is 0 Å². The first-order valence-corrected chi connectivity index (χ1v) is 5.47. The first-order chi connectivity index (χ1) is 5.75. The summed E-state index contributed by atoms with van der Waals surface area (Å²) >= 11 is 8.18. The molecule has 6 heteroatoms. The topological polar surface area (TPSA) is 30.7 Å². The molecule has 0 aliphatic carbocycles. The first-order valence-electron chi connectivity index (χ1n) is 3.07. The van der Waals surface area contributed by atoms with Gasteiger partial charge in [0.1, 0.15) is 10.9 Å². The Morgan fingerprint density at radius 3 is 2.67 bits per heavy atom. The van der Waals surface area contributed by atoms with Gasteiger partial charge in [0.25, 0.3) is 0 Å². The van der Waals surface area contributed by atoms with Crippen LogP contribution < -0.4 is 0 Å². The number of aromatic nitrogens is 3. The van der Waals surface area contributed by atoms with E-state index in [2.05, 4.69) is 41.8 Å². The summed E-state index contributed by atoms with van der Waals surface area (Å²) in [6.07, 6.45) is 5.36. The molecule has 2 aromatic heterocycles. The molecule has 0 spiro atoms. The van der Waals surface area contributed by atoms with Gasteiger partial charge in [0, 0.05) is 6.20 Å². The third-order valence-corrected chi connectivity index (χ3v) is 3.14. The summed E-state index contributed by atoms with van der Waals surface area (Å²) in [6, 6.07) is 0. The highest BCUT2D eigenvalue weighted by Crippen LogP contribution is 2.22. The Hall–Kier alpha value is -0.200. The number of imidazole rings is 1. The second-order valence-corrected chi connectivity index (χ2v) is 5.25. The maximum Gasteiger partial charge on any atom is 0.195 e. The van der Waals surface area contributed by atoms with Gasteiger partial charge in [0.05, 0.1) is 9.98 Å². The van der Waals surface area contributed by atoms with E-state index in [1.165, 1.54) is 0 Å². The van der Waals surface area contributed by atoms with E-state index < -0.39 is 0 Å². The highest BCUT2D eigenvalue weighted by Gasteiger charge is 2.02. The Morgan fingerprint density at radius 2 is 2.17 bits per heavy atom. The molecule has 2 aromatic rings. The van der Waals surface area contributed by atoms with Gasteiger partial charge < -0.3 is 0 Å². The van der Waals surface area contributed by atoms with Crippen LogP contribution in [0.1, 0.15) is 0 Å². The Morgan fingerprint density at radius 1 is 1.33 bits per heavy atom. The largest absolute Gasteiger partial charge is 0.281 e. The van der Waals surface area contributed by atoms with Gasteiger partial charge in [-0.25, -0.2) is 9.97 Å².